The van der Waals surface area contributed by atoms with Crippen molar-refractivity contribution < 1.29 is 14.0 Å². The lowest BCUT2D eigenvalue weighted by atomic mass is 10.2. The molecule has 2 aromatic rings. The van der Waals surface area contributed by atoms with Gasteiger partial charge >= 0.3 is 0 Å². The number of thioether (sulfide) groups is 1. The molecule has 1 aliphatic heterocycles. The summed E-state index contributed by atoms with van der Waals surface area (Å²) in [5.74, 6) is -1.03. The van der Waals surface area contributed by atoms with Crippen LogP contribution in [0.25, 0.3) is 6.08 Å². The van der Waals surface area contributed by atoms with E-state index in [0.717, 1.165) is 17.5 Å². The largest absolute Gasteiger partial charge is 0.354 e. The summed E-state index contributed by atoms with van der Waals surface area (Å²) in [6.45, 7) is 2.04. The minimum absolute atomic E-state index is 0.294. The van der Waals surface area contributed by atoms with Gasteiger partial charge in [0.05, 0.1) is 11.2 Å². The lowest BCUT2D eigenvalue weighted by Crippen LogP contribution is -2.47. The zero-order valence-corrected chi connectivity index (χ0v) is 16.1. The number of carbonyl (C=O) groups excluding carboxylic acids is 2. The van der Waals surface area contributed by atoms with Crippen molar-refractivity contribution in [2.45, 2.75) is 19.4 Å². The Morgan fingerprint density at radius 3 is 3.04 bits per heavy atom. The smallest absolute Gasteiger partial charge is 0.266 e. The molecule has 140 valence electrons. The van der Waals surface area contributed by atoms with Crippen molar-refractivity contribution in [2.75, 3.05) is 6.54 Å². The molecule has 0 aliphatic carbocycles. The molecule has 6 nitrogen and oxygen atoms in total. The van der Waals surface area contributed by atoms with Crippen LogP contribution in [0.1, 0.15) is 18.2 Å². The van der Waals surface area contributed by atoms with Gasteiger partial charge in [0.1, 0.15) is 16.2 Å². The molecular formula is C18H17FN4O2S2. The SMILES string of the molecule is C[C@@H](C(=O)NCCc1cnc[nH]1)N1C(=O)/C(=C/c2cccc(F)c2)SC1=S. The molecule has 1 aromatic carbocycles. The second-order valence-electron chi connectivity index (χ2n) is 5.90. The third-order valence-electron chi connectivity index (χ3n) is 3.99. The molecule has 0 radical (unpaired) electrons. The second-order valence-corrected chi connectivity index (χ2v) is 7.58. The van der Waals surface area contributed by atoms with Gasteiger partial charge in [0.15, 0.2) is 0 Å². The molecule has 1 saturated heterocycles. The maximum absolute atomic E-state index is 13.3. The minimum Gasteiger partial charge on any atom is -0.354 e. The first-order chi connectivity index (χ1) is 13.0. The van der Waals surface area contributed by atoms with Gasteiger partial charge in [-0.2, -0.15) is 0 Å². The van der Waals surface area contributed by atoms with Gasteiger partial charge < -0.3 is 10.3 Å². The van der Waals surface area contributed by atoms with Crippen LogP contribution in [-0.2, 0) is 16.0 Å². The van der Waals surface area contributed by atoms with Crippen LogP contribution >= 0.6 is 24.0 Å². The first kappa shape index (κ1) is 19.2. The fourth-order valence-electron chi connectivity index (χ4n) is 2.57. The molecular weight excluding hydrogens is 387 g/mol. The first-order valence-corrected chi connectivity index (χ1v) is 9.46. The number of aromatic amines is 1. The van der Waals surface area contributed by atoms with Crippen LogP contribution in [0.3, 0.4) is 0 Å². The molecule has 0 unspecified atom stereocenters. The minimum atomic E-state index is -0.738. The van der Waals surface area contributed by atoms with Crippen LogP contribution in [0, 0.1) is 5.82 Å². The van der Waals surface area contributed by atoms with Gasteiger partial charge in [0.25, 0.3) is 5.91 Å². The van der Waals surface area contributed by atoms with Gasteiger partial charge in [-0.1, -0.05) is 36.1 Å². The maximum Gasteiger partial charge on any atom is 0.266 e. The molecule has 1 aromatic heterocycles. The highest BCUT2D eigenvalue weighted by molar-refractivity contribution is 8.26. The lowest BCUT2D eigenvalue weighted by molar-refractivity contribution is -0.132. The van der Waals surface area contributed by atoms with E-state index in [1.165, 1.54) is 17.0 Å². The van der Waals surface area contributed by atoms with E-state index in [4.69, 9.17) is 12.2 Å². The van der Waals surface area contributed by atoms with Crippen molar-refractivity contribution in [1.82, 2.24) is 20.2 Å². The number of thiocarbonyl (C=S) groups is 1. The van der Waals surface area contributed by atoms with Gasteiger partial charge in [-0.25, -0.2) is 9.37 Å². The lowest BCUT2D eigenvalue weighted by Gasteiger charge is -2.22. The Bertz CT molecular complexity index is 899. The van der Waals surface area contributed by atoms with Crippen LogP contribution in [0.4, 0.5) is 4.39 Å². The van der Waals surface area contributed by atoms with E-state index >= 15 is 0 Å². The number of amides is 2. The van der Waals surface area contributed by atoms with E-state index < -0.39 is 6.04 Å². The zero-order chi connectivity index (χ0) is 19.4. The van der Waals surface area contributed by atoms with Crippen LogP contribution < -0.4 is 5.32 Å². The van der Waals surface area contributed by atoms with E-state index in [2.05, 4.69) is 15.3 Å². The van der Waals surface area contributed by atoms with Crippen molar-refractivity contribution in [3.05, 3.63) is 58.8 Å². The third kappa shape index (κ3) is 4.61. The number of rotatable bonds is 6. The maximum atomic E-state index is 13.3. The molecule has 0 spiro atoms. The summed E-state index contributed by atoms with van der Waals surface area (Å²) >= 11 is 6.37. The summed E-state index contributed by atoms with van der Waals surface area (Å²) in [5, 5.41) is 2.79. The number of hydrogen-bond donors (Lipinski definition) is 2. The number of imidazole rings is 1. The topological polar surface area (TPSA) is 78.1 Å². The van der Waals surface area contributed by atoms with Gasteiger partial charge in [-0.3, -0.25) is 14.5 Å². The van der Waals surface area contributed by atoms with Crippen LogP contribution in [0.15, 0.2) is 41.7 Å². The van der Waals surface area contributed by atoms with Crippen molar-refractivity contribution >= 4 is 46.2 Å². The number of carbonyl (C=O) groups is 2. The number of halogens is 1. The number of benzene rings is 1. The predicted molar refractivity (Wildman–Crippen MR) is 106 cm³/mol. The second kappa shape index (κ2) is 8.45. The summed E-state index contributed by atoms with van der Waals surface area (Å²) in [7, 11) is 0. The standard InChI is InChI=1S/C18H17FN4O2S2/c1-11(16(24)21-6-5-14-9-20-10-22-14)23-17(25)15(27-18(23)26)8-12-3-2-4-13(19)7-12/h2-4,7-11H,5-6H2,1H3,(H,20,22)(H,21,24)/b15-8-/t11-/m0/s1. The van der Waals surface area contributed by atoms with Crippen molar-refractivity contribution in [3.8, 4) is 0 Å². The fourth-order valence-corrected chi connectivity index (χ4v) is 3.99. The monoisotopic (exact) mass is 404 g/mol. The molecule has 1 fully saturated rings. The number of nitrogens with one attached hydrogen (secondary N) is 2. The van der Waals surface area contributed by atoms with Crippen LogP contribution in [0.2, 0.25) is 0 Å². The van der Waals surface area contributed by atoms with Gasteiger partial charge in [0, 0.05) is 24.9 Å². The Morgan fingerprint density at radius 1 is 1.52 bits per heavy atom. The highest BCUT2D eigenvalue weighted by atomic mass is 32.2. The normalized spacial score (nSPS) is 16.8. The Balaban J connectivity index is 1.64. The van der Waals surface area contributed by atoms with Crippen molar-refractivity contribution in [3.63, 3.8) is 0 Å². The number of hydrogen-bond acceptors (Lipinski definition) is 5. The van der Waals surface area contributed by atoms with Crippen molar-refractivity contribution in [2.24, 2.45) is 0 Å². The van der Waals surface area contributed by atoms with Crippen LogP contribution in [0.5, 0.6) is 0 Å². The number of nitrogens with zero attached hydrogens (tertiary/aromatic N) is 2. The molecule has 2 N–H and O–H groups in total. The predicted octanol–water partition coefficient (Wildman–Crippen LogP) is 2.50. The quantitative estimate of drug-likeness (QED) is 0.571. The van der Waals surface area contributed by atoms with E-state index in [9.17, 15) is 14.0 Å². The molecule has 1 aliphatic rings. The van der Waals surface area contributed by atoms with E-state index in [1.54, 1.807) is 37.7 Å². The molecule has 2 amide bonds. The van der Waals surface area contributed by atoms with E-state index in [0.29, 0.717) is 27.8 Å². The van der Waals surface area contributed by atoms with Gasteiger partial charge in [-0.15, -0.1) is 0 Å². The molecule has 0 saturated carbocycles. The Labute approximate surface area is 165 Å². The summed E-state index contributed by atoms with van der Waals surface area (Å²) in [6, 6.07) is 5.19. The first-order valence-electron chi connectivity index (χ1n) is 8.23. The number of H-pyrrole nitrogens is 1. The van der Waals surface area contributed by atoms with Gasteiger partial charge in [0.2, 0.25) is 5.91 Å². The Hall–Kier alpha value is -2.52. The highest BCUT2D eigenvalue weighted by Crippen LogP contribution is 2.34. The van der Waals surface area contributed by atoms with E-state index in [-0.39, 0.29) is 17.6 Å². The zero-order valence-electron chi connectivity index (χ0n) is 14.4. The molecule has 1 atom stereocenters. The fraction of sp³-hybridized carbons (Fsp3) is 0.222. The summed E-state index contributed by atoms with van der Waals surface area (Å²) in [4.78, 5) is 33.6. The summed E-state index contributed by atoms with van der Waals surface area (Å²) < 4.78 is 13.6. The van der Waals surface area contributed by atoms with Crippen LogP contribution in [-0.4, -0.2) is 43.6 Å². The third-order valence-corrected chi connectivity index (χ3v) is 5.32. The molecule has 27 heavy (non-hydrogen) atoms. The number of aromatic nitrogens is 2. The molecule has 3 rings (SSSR count). The summed E-state index contributed by atoms with van der Waals surface area (Å²) in [5.41, 5.74) is 1.47. The van der Waals surface area contributed by atoms with Crippen molar-refractivity contribution in [1.29, 1.82) is 0 Å². The van der Waals surface area contributed by atoms with E-state index in [1.807, 2.05) is 0 Å². The average Bonchev–Trinajstić information content (AvgIpc) is 3.23. The molecule has 0 bridgehead atoms. The average molecular weight is 404 g/mol. The Morgan fingerprint density at radius 2 is 2.33 bits per heavy atom. The molecule has 2 heterocycles. The highest BCUT2D eigenvalue weighted by Gasteiger charge is 2.38. The Kier molecular flexibility index (Phi) is 6.02. The summed E-state index contributed by atoms with van der Waals surface area (Å²) in [6.07, 6.45) is 5.45. The molecule has 9 heteroatoms. The van der Waals surface area contributed by atoms with Gasteiger partial charge in [-0.05, 0) is 30.7 Å².